The van der Waals surface area contributed by atoms with Crippen molar-refractivity contribution in [1.82, 2.24) is 0 Å². The first-order valence-electron chi connectivity index (χ1n) is 4.62. The van der Waals surface area contributed by atoms with Crippen molar-refractivity contribution in [2.75, 3.05) is 7.11 Å². The number of allylic oxidation sites excluding steroid dienone is 1. The van der Waals surface area contributed by atoms with Crippen LogP contribution in [0.3, 0.4) is 0 Å². The smallest absolute Gasteiger partial charge is 0.192 e. The molecule has 1 aromatic carbocycles. The van der Waals surface area contributed by atoms with Crippen LogP contribution in [0, 0.1) is 0 Å². The molecule has 72 valence electrons. The fourth-order valence-corrected chi connectivity index (χ4v) is 1.91. The zero-order valence-corrected chi connectivity index (χ0v) is 8.28. The molecule has 0 saturated carbocycles. The maximum atomic E-state index is 11.8. The maximum absolute atomic E-state index is 11.8. The predicted molar refractivity (Wildman–Crippen MR) is 54.3 cm³/mol. The van der Waals surface area contributed by atoms with Crippen molar-refractivity contribution in [1.29, 1.82) is 0 Å². The van der Waals surface area contributed by atoms with Crippen LogP contribution in [0.4, 0.5) is 0 Å². The highest BCUT2D eigenvalue weighted by Gasteiger charge is 2.33. The number of ether oxygens (including phenoxy) is 1. The summed E-state index contributed by atoms with van der Waals surface area (Å²) < 4.78 is 5.32. The van der Waals surface area contributed by atoms with Gasteiger partial charge in [0.1, 0.15) is 6.10 Å². The number of carbonyl (C=O) groups excluding carboxylic acids is 1. The molecule has 0 amide bonds. The molecule has 1 aliphatic rings. The number of fused-ring (bicyclic) bond motifs is 1. The summed E-state index contributed by atoms with van der Waals surface area (Å²) >= 11 is 0. The molecule has 1 aromatic rings. The lowest BCUT2D eigenvalue weighted by molar-refractivity contribution is 0.0977. The Labute approximate surface area is 83.2 Å². The van der Waals surface area contributed by atoms with Crippen molar-refractivity contribution in [2.24, 2.45) is 0 Å². The lowest BCUT2D eigenvalue weighted by Crippen LogP contribution is -2.01. The van der Waals surface area contributed by atoms with Crippen molar-refractivity contribution in [2.45, 2.75) is 13.0 Å². The third-order valence-corrected chi connectivity index (χ3v) is 2.58. The minimum Gasteiger partial charge on any atom is -0.372 e. The summed E-state index contributed by atoms with van der Waals surface area (Å²) in [5, 5.41) is 0. The summed E-state index contributed by atoms with van der Waals surface area (Å²) in [6.45, 7) is 1.87. The number of hydrogen-bond acceptors (Lipinski definition) is 2. The second kappa shape index (κ2) is 3.39. The second-order valence-corrected chi connectivity index (χ2v) is 3.28. The van der Waals surface area contributed by atoms with E-state index < -0.39 is 0 Å². The average molecular weight is 188 g/mol. The van der Waals surface area contributed by atoms with E-state index in [0.717, 1.165) is 16.7 Å². The quantitative estimate of drug-likeness (QED) is 0.633. The first kappa shape index (κ1) is 9.16. The minimum absolute atomic E-state index is 0.0925. The summed E-state index contributed by atoms with van der Waals surface area (Å²) in [7, 11) is 1.63. The van der Waals surface area contributed by atoms with E-state index in [1.165, 1.54) is 0 Å². The number of benzene rings is 1. The van der Waals surface area contributed by atoms with Gasteiger partial charge in [-0.05, 0) is 12.5 Å². The number of methoxy groups -OCH3 is 1. The van der Waals surface area contributed by atoms with E-state index in [1.54, 1.807) is 7.11 Å². The molecule has 0 spiro atoms. The minimum atomic E-state index is -0.177. The van der Waals surface area contributed by atoms with Crippen molar-refractivity contribution in [3.8, 4) is 0 Å². The van der Waals surface area contributed by atoms with Crippen molar-refractivity contribution >= 4 is 5.78 Å². The predicted octanol–water partition coefficient (Wildman–Crippen LogP) is 2.52. The van der Waals surface area contributed by atoms with Gasteiger partial charge in [0.05, 0.1) is 0 Å². The van der Waals surface area contributed by atoms with Crippen LogP contribution in [0.25, 0.3) is 0 Å². The van der Waals surface area contributed by atoms with E-state index in [1.807, 2.05) is 37.3 Å². The molecule has 1 aliphatic carbocycles. The molecule has 0 aliphatic heterocycles. The Morgan fingerprint density at radius 2 is 2.07 bits per heavy atom. The third kappa shape index (κ3) is 1.11. The van der Waals surface area contributed by atoms with Crippen LogP contribution in [0.15, 0.2) is 35.9 Å². The molecule has 0 radical (unpaired) electrons. The number of Topliss-reactive ketones (excluding diaryl/α,β-unsaturated/α-hetero) is 1. The van der Waals surface area contributed by atoms with Gasteiger partial charge in [0.2, 0.25) is 0 Å². The van der Waals surface area contributed by atoms with Gasteiger partial charge in [-0.1, -0.05) is 30.3 Å². The number of rotatable bonds is 1. The van der Waals surface area contributed by atoms with Gasteiger partial charge in [-0.25, -0.2) is 0 Å². The van der Waals surface area contributed by atoms with Gasteiger partial charge in [-0.3, -0.25) is 4.79 Å². The van der Waals surface area contributed by atoms with Gasteiger partial charge >= 0.3 is 0 Å². The number of carbonyl (C=O) groups is 1. The number of ketones is 1. The molecule has 2 heteroatoms. The van der Waals surface area contributed by atoms with E-state index in [9.17, 15) is 4.79 Å². The lowest BCUT2D eigenvalue weighted by Gasteiger charge is -2.09. The topological polar surface area (TPSA) is 26.3 Å². The van der Waals surface area contributed by atoms with E-state index in [0.29, 0.717) is 0 Å². The highest BCUT2D eigenvalue weighted by atomic mass is 16.5. The molecule has 0 saturated heterocycles. The molecule has 0 fully saturated rings. The van der Waals surface area contributed by atoms with Crippen LogP contribution in [0.2, 0.25) is 0 Å². The Kier molecular flexibility index (Phi) is 2.22. The third-order valence-electron chi connectivity index (χ3n) is 2.58. The summed E-state index contributed by atoms with van der Waals surface area (Å²) in [5.41, 5.74) is 2.49. The van der Waals surface area contributed by atoms with Crippen LogP contribution < -0.4 is 0 Å². The van der Waals surface area contributed by atoms with Gasteiger partial charge in [-0.15, -0.1) is 0 Å². The zero-order chi connectivity index (χ0) is 10.1. The highest BCUT2D eigenvalue weighted by Crippen LogP contribution is 2.37. The molecule has 0 heterocycles. The van der Waals surface area contributed by atoms with Gasteiger partial charge in [0.15, 0.2) is 5.78 Å². The molecule has 0 bridgehead atoms. The molecule has 1 atom stereocenters. The van der Waals surface area contributed by atoms with Gasteiger partial charge in [0.25, 0.3) is 0 Å². The molecular formula is C12H12O2. The van der Waals surface area contributed by atoms with Crippen LogP contribution in [-0.2, 0) is 4.74 Å². The molecule has 0 aromatic heterocycles. The monoisotopic (exact) mass is 188 g/mol. The van der Waals surface area contributed by atoms with Crippen LogP contribution in [0.1, 0.15) is 28.9 Å². The molecule has 0 N–H and O–H groups in total. The molecular weight excluding hydrogens is 176 g/mol. The SMILES string of the molecule is C/C=C1/C(=O)c2ccccc2C1OC. The summed E-state index contributed by atoms with van der Waals surface area (Å²) in [6, 6.07) is 7.59. The van der Waals surface area contributed by atoms with E-state index in [2.05, 4.69) is 0 Å². The fraction of sp³-hybridized carbons (Fsp3) is 0.250. The van der Waals surface area contributed by atoms with Gasteiger partial charge < -0.3 is 4.74 Å². The fourth-order valence-electron chi connectivity index (χ4n) is 1.91. The Hall–Kier alpha value is -1.41. The standard InChI is InChI=1S/C12H12O2/c1-3-8-11(13)9-6-4-5-7-10(9)12(8)14-2/h3-7,12H,1-2H3/b8-3-. The van der Waals surface area contributed by atoms with E-state index >= 15 is 0 Å². The van der Waals surface area contributed by atoms with Crippen molar-refractivity contribution in [3.63, 3.8) is 0 Å². The number of hydrogen-bond donors (Lipinski definition) is 0. The van der Waals surface area contributed by atoms with E-state index in [-0.39, 0.29) is 11.9 Å². The summed E-state index contributed by atoms with van der Waals surface area (Å²) in [6.07, 6.45) is 1.65. The maximum Gasteiger partial charge on any atom is 0.192 e. The van der Waals surface area contributed by atoms with Crippen LogP contribution in [0.5, 0.6) is 0 Å². The highest BCUT2D eigenvalue weighted by molar-refractivity contribution is 6.13. The molecule has 1 unspecified atom stereocenters. The van der Waals surface area contributed by atoms with Gasteiger partial charge in [-0.2, -0.15) is 0 Å². The average Bonchev–Trinajstić information content (AvgIpc) is 2.51. The van der Waals surface area contributed by atoms with Crippen molar-refractivity contribution in [3.05, 3.63) is 47.0 Å². The second-order valence-electron chi connectivity index (χ2n) is 3.28. The first-order valence-corrected chi connectivity index (χ1v) is 4.62. The van der Waals surface area contributed by atoms with Crippen LogP contribution in [-0.4, -0.2) is 12.9 Å². The molecule has 2 rings (SSSR count). The van der Waals surface area contributed by atoms with Crippen LogP contribution >= 0.6 is 0 Å². The largest absolute Gasteiger partial charge is 0.372 e. The van der Waals surface area contributed by atoms with Gasteiger partial charge in [0, 0.05) is 18.2 Å². The Morgan fingerprint density at radius 3 is 2.71 bits per heavy atom. The first-order chi connectivity index (χ1) is 6.79. The lowest BCUT2D eigenvalue weighted by atomic mass is 10.1. The summed E-state index contributed by atoms with van der Waals surface area (Å²) in [4.78, 5) is 11.8. The normalized spacial score (nSPS) is 22.9. The zero-order valence-electron chi connectivity index (χ0n) is 8.28. The Morgan fingerprint density at radius 1 is 1.36 bits per heavy atom. The Bertz CT molecular complexity index is 405. The Balaban J connectivity index is 2.60. The summed E-state index contributed by atoms with van der Waals surface area (Å²) in [5.74, 6) is 0.0925. The van der Waals surface area contributed by atoms with Crippen molar-refractivity contribution < 1.29 is 9.53 Å². The van der Waals surface area contributed by atoms with E-state index in [4.69, 9.17) is 4.74 Å². The molecule has 2 nitrogen and oxygen atoms in total. The molecule has 14 heavy (non-hydrogen) atoms.